The number of halogens is 3. The Morgan fingerprint density at radius 2 is 1.83 bits per heavy atom. The van der Waals surface area contributed by atoms with Gasteiger partial charge in [0.25, 0.3) is 5.91 Å². The number of alkyl halides is 3. The highest BCUT2D eigenvalue weighted by atomic mass is 19.4. The number of amides is 2. The molecule has 164 valence electrons. The van der Waals surface area contributed by atoms with Crippen molar-refractivity contribution in [3.8, 4) is 0 Å². The number of nitrogens with one attached hydrogen (secondary N) is 3. The molecule has 3 aliphatic heterocycles. The molecule has 12 heteroatoms. The van der Waals surface area contributed by atoms with Crippen LogP contribution in [0.1, 0.15) is 33.6 Å². The zero-order valence-electron chi connectivity index (χ0n) is 16.3. The van der Waals surface area contributed by atoms with Crippen LogP contribution in [0.25, 0.3) is 0 Å². The second-order valence-electron chi connectivity index (χ2n) is 8.50. The molecule has 2 amide bonds. The highest BCUT2D eigenvalue weighted by Gasteiger charge is 2.68. The molecule has 0 saturated carbocycles. The first-order chi connectivity index (χ1) is 13.3. The summed E-state index contributed by atoms with van der Waals surface area (Å²) in [6.07, 6.45) is -7.78. The fourth-order valence-corrected chi connectivity index (χ4v) is 3.90. The van der Waals surface area contributed by atoms with Crippen LogP contribution in [0.4, 0.5) is 18.0 Å². The zero-order chi connectivity index (χ0) is 21.8. The molecule has 0 bridgehead atoms. The Labute approximate surface area is 165 Å². The van der Waals surface area contributed by atoms with Gasteiger partial charge in [-0.2, -0.15) is 13.2 Å². The lowest BCUT2D eigenvalue weighted by molar-refractivity contribution is -0.273. The van der Waals surface area contributed by atoms with E-state index in [0.29, 0.717) is 12.8 Å². The van der Waals surface area contributed by atoms with Crippen molar-refractivity contribution in [2.24, 2.45) is 5.92 Å². The summed E-state index contributed by atoms with van der Waals surface area (Å²) in [6, 6.07) is -0.993. The normalized spacial score (nSPS) is 31.3. The molecular weight excluding hydrogens is 397 g/mol. The van der Waals surface area contributed by atoms with Gasteiger partial charge in [0.05, 0.1) is 6.04 Å². The molecule has 3 unspecified atom stereocenters. The second kappa shape index (κ2) is 7.03. The third kappa shape index (κ3) is 3.76. The van der Waals surface area contributed by atoms with E-state index in [1.807, 2.05) is 0 Å². The maximum absolute atomic E-state index is 13.7. The van der Waals surface area contributed by atoms with Crippen LogP contribution in [0.5, 0.6) is 0 Å². The van der Waals surface area contributed by atoms with E-state index in [1.165, 1.54) is 4.90 Å². The molecule has 0 aromatic carbocycles. The molecular formula is C17H25F3N4O5. The standard InChI is InChI=1S/C17H25F3N4O5/c1-15(2,3)29-14(27)24-6-4-8(5-7-24)10-9-12(23-22-10)21-13(26)11(25)16(9,28)17(18,19)20/h8,10-11,22-23,25,28H,4-7H2,1-3H3,(H,21,26). The van der Waals surface area contributed by atoms with Crippen molar-refractivity contribution in [3.05, 3.63) is 11.4 Å². The lowest BCUT2D eigenvalue weighted by Gasteiger charge is -2.42. The Bertz CT molecular complexity index is 728. The maximum Gasteiger partial charge on any atom is 0.424 e. The number of carbonyl (C=O) groups is 2. The van der Waals surface area contributed by atoms with Gasteiger partial charge in [-0.1, -0.05) is 0 Å². The molecule has 3 atom stereocenters. The average molecular weight is 422 g/mol. The summed E-state index contributed by atoms with van der Waals surface area (Å²) >= 11 is 0. The summed E-state index contributed by atoms with van der Waals surface area (Å²) in [5.41, 5.74) is 0.220. The van der Waals surface area contributed by atoms with E-state index in [2.05, 4.69) is 16.2 Å². The number of hydrogen-bond acceptors (Lipinski definition) is 7. The van der Waals surface area contributed by atoms with Crippen molar-refractivity contribution >= 4 is 12.0 Å². The van der Waals surface area contributed by atoms with Crippen molar-refractivity contribution in [1.82, 2.24) is 21.1 Å². The third-order valence-corrected chi connectivity index (χ3v) is 5.33. The molecule has 1 saturated heterocycles. The van der Waals surface area contributed by atoms with Gasteiger partial charge < -0.3 is 30.6 Å². The molecule has 0 aromatic rings. The first kappa shape index (κ1) is 21.7. The van der Waals surface area contributed by atoms with Gasteiger partial charge in [0.1, 0.15) is 11.4 Å². The molecule has 0 aromatic heterocycles. The van der Waals surface area contributed by atoms with Gasteiger partial charge in [-0.25, -0.2) is 10.2 Å². The predicted molar refractivity (Wildman–Crippen MR) is 92.8 cm³/mol. The first-order valence-corrected chi connectivity index (χ1v) is 9.28. The number of rotatable bonds is 1. The highest BCUT2D eigenvalue weighted by Crippen LogP contribution is 2.46. The van der Waals surface area contributed by atoms with Crippen LogP contribution in [-0.4, -0.2) is 69.7 Å². The van der Waals surface area contributed by atoms with Gasteiger partial charge in [0, 0.05) is 18.7 Å². The number of ether oxygens (including phenoxy) is 1. The summed E-state index contributed by atoms with van der Waals surface area (Å²) in [6.45, 7) is 5.74. The van der Waals surface area contributed by atoms with Crippen molar-refractivity contribution in [1.29, 1.82) is 0 Å². The van der Waals surface area contributed by atoms with E-state index >= 15 is 0 Å². The fraction of sp³-hybridized carbons (Fsp3) is 0.765. The number of aliphatic hydroxyl groups is 2. The number of nitrogens with zero attached hydrogens (tertiary/aromatic N) is 1. The third-order valence-electron chi connectivity index (χ3n) is 5.33. The zero-order valence-corrected chi connectivity index (χ0v) is 16.3. The van der Waals surface area contributed by atoms with Gasteiger partial charge >= 0.3 is 12.3 Å². The smallest absolute Gasteiger partial charge is 0.424 e. The molecule has 0 spiro atoms. The van der Waals surface area contributed by atoms with Gasteiger partial charge in [0.2, 0.25) is 5.60 Å². The topological polar surface area (TPSA) is 123 Å². The summed E-state index contributed by atoms with van der Waals surface area (Å²) in [5, 5.41) is 22.5. The van der Waals surface area contributed by atoms with Gasteiger partial charge in [-0.3, -0.25) is 4.79 Å². The predicted octanol–water partition coefficient (Wildman–Crippen LogP) is 0.106. The number of carbonyl (C=O) groups excluding carboxylic acids is 2. The van der Waals surface area contributed by atoms with E-state index in [-0.39, 0.29) is 24.8 Å². The fourth-order valence-electron chi connectivity index (χ4n) is 3.90. The SMILES string of the molecule is CC(C)(C)OC(=O)N1CCC(C2NNC3=C2C(O)(C(F)(F)F)C(O)C(=O)N3)CC1. The monoisotopic (exact) mass is 422 g/mol. The van der Waals surface area contributed by atoms with Crippen molar-refractivity contribution in [3.63, 3.8) is 0 Å². The van der Waals surface area contributed by atoms with E-state index < -0.39 is 47.1 Å². The van der Waals surface area contributed by atoms with E-state index in [0.717, 1.165) is 0 Å². The van der Waals surface area contributed by atoms with Gasteiger partial charge in [-0.15, -0.1) is 0 Å². The largest absolute Gasteiger partial charge is 0.444 e. The minimum absolute atomic E-state index is 0.264. The Morgan fingerprint density at radius 3 is 2.34 bits per heavy atom. The van der Waals surface area contributed by atoms with E-state index in [1.54, 1.807) is 20.8 Å². The Hall–Kier alpha value is -2.05. The lowest BCUT2D eigenvalue weighted by Crippen LogP contribution is -2.66. The van der Waals surface area contributed by atoms with Crippen LogP contribution in [0.15, 0.2) is 11.4 Å². The van der Waals surface area contributed by atoms with Crippen LogP contribution >= 0.6 is 0 Å². The molecule has 1 fully saturated rings. The summed E-state index contributed by atoms with van der Waals surface area (Å²) in [5.74, 6) is -2.04. The quantitative estimate of drug-likeness (QED) is 0.406. The number of likely N-dealkylation sites (tertiary alicyclic amines) is 1. The molecule has 3 heterocycles. The van der Waals surface area contributed by atoms with E-state index in [4.69, 9.17) is 4.74 Å². The summed E-state index contributed by atoms with van der Waals surface area (Å²) in [7, 11) is 0. The molecule has 0 radical (unpaired) electrons. The molecule has 3 aliphatic rings. The molecule has 29 heavy (non-hydrogen) atoms. The van der Waals surface area contributed by atoms with Crippen molar-refractivity contribution in [2.45, 2.75) is 63.1 Å². The second-order valence-corrected chi connectivity index (χ2v) is 8.50. The maximum atomic E-state index is 13.7. The molecule has 9 nitrogen and oxygen atoms in total. The number of aliphatic hydroxyl groups excluding tert-OH is 1. The van der Waals surface area contributed by atoms with Gasteiger partial charge in [-0.05, 0) is 39.5 Å². The molecule has 3 rings (SSSR count). The van der Waals surface area contributed by atoms with Crippen molar-refractivity contribution in [2.75, 3.05) is 13.1 Å². The Morgan fingerprint density at radius 1 is 1.24 bits per heavy atom. The highest BCUT2D eigenvalue weighted by molar-refractivity contribution is 5.86. The van der Waals surface area contributed by atoms with Crippen LogP contribution in [0.3, 0.4) is 0 Å². The van der Waals surface area contributed by atoms with Crippen LogP contribution in [-0.2, 0) is 9.53 Å². The minimum Gasteiger partial charge on any atom is -0.444 e. The van der Waals surface area contributed by atoms with Crippen LogP contribution in [0.2, 0.25) is 0 Å². The lowest BCUT2D eigenvalue weighted by atomic mass is 9.75. The average Bonchev–Trinajstić information content (AvgIpc) is 3.01. The molecule has 0 aliphatic carbocycles. The number of hydrogen-bond donors (Lipinski definition) is 5. The van der Waals surface area contributed by atoms with Crippen LogP contribution in [0, 0.1) is 5.92 Å². The van der Waals surface area contributed by atoms with Gasteiger partial charge in [0.15, 0.2) is 6.10 Å². The van der Waals surface area contributed by atoms with Crippen molar-refractivity contribution < 1.29 is 37.7 Å². The number of piperidine rings is 1. The summed E-state index contributed by atoms with van der Waals surface area (Å²) in [4.78, 5) is 25.4. The Kier molecular flexibility index (Phi) is 5.25. The Balaban J connectivity index is 1.78. The minimum atomic E-state index is -5.27. The molecule has 5 N–H and O–H groups in total. The number of hydrazine groups is 1. The first-order valence-electron chi connectivity index (χ1n) is 9.28. The van der Waals surface area contributed by atoms with Crippen LogP contribution < -0.4 is 16.2 Å². The summed E-state index contributed by atoms with van der Waals surface area (Å²) < 4.78 is 46.4. The van der Waals surface area contributed by atoms with E-state index in [9.17, 15) is 33.0 Å².